The number of nitriles is 1. The number of benzene rings is 1. The molecule has 1 aliphatic carbocycles. The molecule has 116 valence electrons. The molecule has 0 saturated heterocycles. The Bertz CT molecular complexity index is 569. The van der Waals surface area contributed by atoms with E-state index >= 15 is 0 Å². The molecule has 1 aromatic rings. The van der Waals surface area contributed by atoms with E-state index in [1.807, 2.05) is 6.07 Å². The SMILES string of the molecule is COC(=O)[C@H](NC(=O)c1ccc(C#N)cc1)C1CCCCC1. The van der Waals surface area contributed by atoms with Gasteiger partial charge in [0.2, 0.25) is 0 Å². The van der Waals surface area contributed by atoms with Crippen LogP contribution in [-0.2, 0) is 9.53 Å². The highest BCUT2D eigenvalue weighted by Gasteiger charge is 2.31. The van der Waals surface area contributed by atoms with Crippen molar-refractivity contribution in [3.8, 4) is 6.07 Å². The molecule has 0 radical (unpaired) electrons. The number of carbonyl (C=O) groups is 2. The first-order chi connectivity index (χ1) is 10.7. The molecule has 0 heterocycles. The van der Waals surface area contributed by atoms with Gasteiger partial charge in [-0.15, -0.1) is 0 Å². The summed E-state index contributed by atoms with van der Waals surface area (Å²) in [5.74, 6) is -0.581. The molecular formula is C17H20N2O3. The van der Waals surface area contributed by atoms with Gasteiger partial charge in [0.05, 0.1) is 18.7 Å². The normalized spacial score (nSPS) is 16.4. The summed E-state index contributed by atoms with van der Waals surface area (Å²) in [5, 5.41) is 11.6. The van der Waals surface area contributed by atoms with Crippen molar-refractivity contribution >= 4 is 11.9 Å². The summed E-state index contributed by atoms with van der Waals surface area (Å²) in [7, 11) is 1.34. The van der Waals surface area contributed by atoms with Gasteiger partial charge in [-0.3, -0.25) is 4.79 Å². The van der Waals surface area contributed by atoms with Crippen molar-refractivity contribution in [3.05, 3.63) is 35.4 Å². The molecular weight excluding hydrogens is 280 g/mol. The monoisotopic (exact) mass is 300 g/mol. The highest BCUT2D eigenvalue weighted by molar-refractivity contribution is 5.96. The van der Waals surface area contributed by atoms with E-state index in [9.17, 15) is 9.59 Å². The van der Waals surface area contributed by atoms with Crippen molar-refractivity contribution in [2.45, 2.75) is 38.1 Å². The topological polar surface area (TPSA) is 79.2 Å². The summed E-state index contributed by atoms with van der Waals surface area (Å²) < 4.78 is 4.84. The number of nitrogens with one attached hydrogen (secondary N) is 1. The van der Waals surface area contributed by atoms with Crippen LogP contribution in [0.25, 0.3) is 0 Å². The van der Waals surface area contributed by atoms with Crippen LogP contribution in [0.5, 0.6) is 0 Å². The van der Waals surface area contributed by atoms with E-state index in [-0.39, 0.29) is 11.8 Å². The summed E-state index contributed by atoms with van der Waals surface area (Å²) in [6.45, 7) is 0. The zero-order valence-electron chi connectivity index (χ0n) is 12.7. The smallest absolute Gasteiger partial charge is 0.328 e. The number of amides is 1. The highest BCUT2D eigenvalue weighted by atomic mass is 16.5. The van der Waals surface area contributed by atoms with Crippen molar-refractivity contribution in [2.75, 3.05) is 7.11 Å². The molecule has 1 aromatic carbocycles. The first-order valence-electron chi connectivity index (χ1n) is 7.54. The number of carbonyl (C=O) groups excluding carboxylic acids is 2. The molecule has 2 rings (SSSR count). The third kappa shape index (κ3) is 3.85. The highest BCUT2D eigenvalue weighted by Crippen LogP contribution is 2.27. The van der Waals surface area contributed by atoms with Gasteiger partial charge < -0.3 is 10.1 Å². The van der Waals surface area contributed by atoms with Crippen molar-refractivity contribution < 1.29 is 14.3 Å². The van der Waals surface area contributed by atoms with Gasteiger partial charge in [0.15, 0.2) is 0 Å². The molecule has 1 saturated carbocycles. The minimum absolute atomic E-state index is 0.128. The molecule has 0 spiro atoms. The van der Waals surface area contributed by atoms with Gasteiger partial charge in [0, 0.05) is 5.56 Å². The zero-order chi connectivity index (χ0) is 15.9. The summed E-state index contributed by atoms with van der Waals surface area (Å²) >= 11 is 0. The maximum absolute atomic E-state index is 12.3. The molecule has 0 aromatic heterocycles. The Hall–Kier alpha value is -2.35. The Morgan fingerprint density at radius 3 is 2.41 bits per heavy atom. The standard InChI is InChI=1S/C17H20N2O3/c1-22-17(21)15(13-5-3-2-4-6-13)19-16(20)14-9-7-12(11-18)8-10-14/h7-10,13,15H,2-6H2,1H3,(H,19,20)/t15-/m1/s1. The fourth-order valence-corrected chi connectivity index (χ4v) is 2.88. The van der Waals surface area contributed by atoms with Gasteiger partial charge in [-0.1, -0.05) is 19.3 Å². The van der Waals surface area contributed by atoms with Crippen LogP contribution in [0.2, 0.25) is 0 Å². The van der Waals surface area contributed by atoms with E-state index in [0.29, 0.717) is 11.1 Å². The fraction of sp³-hybridized carbons (Fsp3) is 0.471. The lowest BCUT2D eigenvalue weighted by Gasteiger charge is -2.29. The number of nitrogens with zero attached hydrogens (tertiary/aromatic N) is 1. The molecule has 0 bridgehead atoms. The predicted octanol–water partition coefficient (Wildman–Crippen LogP) is 2.41. The van der Waals surface area contributed by atoms with Crippen LogP contribution < -0.4 is 5.32 Å². The molecule has 22 heavy (non-hydrogen) atoms. The zero-order valence-corrected chi connectivity index (χ0v) is 12.7. The molecule has 5 nitrogen and oxygen atoms in total. The Labute approximate surface area is 130 Å². The molecule has 5 heteroatoms. The second kappa shape index (κ2) is 7.60. The van der Waals surface area contributed by atoms with Crippen LogP contribution in [0.4, 0.5) is 0 Å². The van der Waals surface area contributed by atoms with E-state index in [4.69, 9.17) is 10.00 Å². The van der Waals surface area contributed by atoms with Crippen molar-refractivity contribution in [1.29, 1.82) is 5.26 Å². The van der Waals surface area contributed by atoms with E-state index in [1.54, 1.807) is 24.3 Å². The van der Waals surface area contributed by atoms with Gasteiger partial charge in [-0.2, -0.15) is 5.26 Å². The van der Waals surface area contributed by atoms with Crippen LogP contribution in [0.1, 0.15) is 48.0 Å². The maximum Gasteiger partial charge on any atom is 0.328 e. The first kappa shape index (κ1) is 16.0. The second-order valence-electron chi connectivity index (χ2n) is 5.56. The van der Waals surface area contributed by atoms with E-state index in [1.165, 1.54) is 13.5 Å². The lowest BCUT2D eigenvalue weighted by atomic mass is 9.83. The molecule has 1 atom stereocenters. The molecule has 0 unspecified atom stereocenters. The van der Waals surface area contributed by atoms with Gasteiger partial charge in [-0.25, -0.2) is 4.79 Å². The molecule has 1 aliphatic rings. The van der Waals surface area contributed by atoms with E-state index in [2.05, 4.69) is 5.32 Å². The number of ether oxygens (including phenoxy) is 1. The Balaban J connectivity index is 2.09. The van der Waals surface area contributed by atoms with Crippen LogP contribution in [0, 0.1) is 17.2 Å². The fourth-order valence-electron chi connectivity index (χ4n) is 2.88. The summed E-state index contributed by atoms with van der Waals surface area (Å²) in [5.41, 5.74) is 0.928. The molecule has 0 aliphatic heterocycles. The van der Waals surface area contributed by atoms with E-state index in [0.717, 1.165) is 25.7 Å². The second-order valence-corrected chi connectivity index (χ2v) is 5.56. The van der Waals surface area contributed by atoms with Crippen LogP contribution in [0.3, 0.4) is 0 Å². The van der Waals surface area contributed by atoms with Gasteiger partial charge in [-0.05, 0) is 43.0 Å². The number of hydrogen-bond donors (Lipinski definition) is 1. The largest absolute Gasteiger partial charge is 0.467 e. The number of hydrogen-bond acceptors (Lipinski definition) is 4. The molecule has 1 fully saturated rings. The lowest BCUT2D eigenvalue weighted by molar-refractivity contribution is -0.144. The van der Waals surface area contributed by atoms with Crippen molar-refractivity contribution in [1.82, 2.24) is 5.32 Å². The Morgan fingerprint density at radius 1 is 1.23 bits per heavy atom. The molecule has 1 amide bonds. The third-order valence-corrected chi connectivity index (χ3v) is 4.14. The van der Waals surface area contributed by atoms with Crippen molar-refractivity contribution in [3.63, 3.8) is 0 Å². The average molecular weight is 300 g/mol. The van der Waals surface area contributed by atoms with Crippen molar-refractivity contribution in [2.24, 2.45) is 5.92 Å². The van der Waals surface area contributed by atoms with Gasteiger partial charge in [0.25, 0.3) is 5.91 Å². The predicted molar refractivity (Wildman–Crippen MR) is 81.0 cm³/mol. The van der Waals surface area contributed by atoms with Crippen LogP contribution >= 0.6 is 0 Å². The van der Waals surface area contributed by atoms with Crippen LogP contribution in [-0.4, -0.2) is 25.0 Å². The quantitative estimate of drug-likeness (QED) is 0.866. The van der Waals surface area contributed by atoms with Gasteiger partial charge >= 0.3 is 5.97 Å². The van der Waals surface area contributed by atoms with Gasteiger partial charge in [0.1, 0.15) is 6.04 Å². The molecule has 1 N–H and O–H groups in total. The number of rotatable bonds is 4. The van der Waals surface area contributed by atoms with Crippen LogP contribution in [0.15, 0.2) is 24.3 Å². The Morgan fingerprint density at radius 2 is 1.86 bits per heavy atom. The Kier molecular flexibility index (Phi) is 5.54. The average Bonchev–Trinajstić information content (AvgIpc) is 2.59. The first-order valence-corrected chi connectivity index (χ1v) is 7.54. The lowest BCUT2D eigenvalue weighted by Crippen LogP contribution is -2.47. The minimum atomic E-state index is -0.603. The minimum Gasteiger partial charge on any atom is -0.467 e. The third-order valence-electron chi connectivity index (χ3n) is 4.14. The van der Waals surface area contributed by atoms with E-state index < -0.39 is 12.0 Å². The summed E-state index contributed by atoms with van der Waals surface area (Å²) in [6, 6.07) is 7.75. The summed E-state index contributed by atoms with van der Waals surface area (Å²) in [6.07, 6.45) is 5.17. The maximum atomic E-state index is 12.3. The number of esters is 1. The number of methoxy groups -OCH3 is 1. The summed E-state index contributed by atoms with van der Waals surface area (Å²) in [4.78, 5) is 24.3.